The zero-order valence-electron chi connectivity index (χ0n) is 13.7. The molecule has 122 valence electrons. The average molecular weight is 329 g/mol. The highest BCUT2D eigenvalue weighted by molar-refractivity contribution is 7.15. The van der Waals surface area contributed by atoms with Crippen molar-refractivity contribution in [2.75, 3.05) is 18.4 Å². The lowest BCUT2D eigenvalue weighted by atomic mass is 10.1. The summed E-state index contributed by atoms with van der Waals surface area (Å²) in [5.74, 6) is 0.0227. The number of carbonyl (C=O) groups excluding carboxylic acids is 1. The first-order chi connectivity index (χ1) is 11.2. The first-order valence-electron chi connectivity index (χ1n) is 8.25. The van der Waals surface area contributed by atoms with Crippen molar-refractivity contribution in [3.8, 4) is 0 Å². The Balaban J connectivity index is 1.82. The molecule has 0 unspecified atom stereocenters. The number of rotatable bonds is 5. The maximum atomic E-state index is 12.9. The summed E-state index contributed by atoms with van der Waals surface area (Å²) in [7, 11) is 0. The minimum absolute atomic E-state index is 0.0227. The molecule has 2 aromatic rings. The van der Waals surface area contributed by atoms with Crippen LogP contribution in [0.25, 0.3) is 0 Å². The van der Waals surface area contributed by atoms with Gasteiger partial charge in [0.25, 0.3) is 0 Å². The number of nitrogens with zero attached hydrogens (tertiary/aromatic N) is 2. The number of amides is 1. The molecule has 1 amide bonds. The third-order valence-electron chi connectivity index (χ3n) is 4.33. The summed E-state index contributed by atoms with van der Waals surface area (Å²) in [5.41, 5.74) is 2.12. The predicted molar refractivity (Wildman–Crippen MR) is 94.8 cm³/mol. The van der Waals surface area contributed by atoms with Crippen LogP contribution in [-0.4, -0.2) is 28.9 Å². The molecule has 1 aliphatic rings. The van der Waals surface area contributed by atoms with Gasteiger partial charge in [0.2, 0.25) is 5.91 Å². The highest BCUT2D eigenvalue weighted by Crippen LogP contribution is 2.28. The van der Waals surface area contributed by atoms with Gasteiger partial charge in [0.15, 0.2) is 5.13 Å². The van der Waals surface area contributed by atoms with Crippen LogP contribution in [0.1, 0.15) is 41.9 Å². The Labute approximate surface area is 141 Å². The lowest BCUT2D eigenvalue weighted by molar-refractivity contribution is -0.121. The molecule has 1 saturated heterocycles. The molecule has 2 heterocycles. The van der Waals surface area contributed by atoms with E-state index >= 15 is 0 Å². The first kappa shape index (κ1) is 16.1. The molecule has 1 aliphatic heterocycles. The molecular formula is C18H23N3OS. The van der Waals surface area contributed by atoms with Crippen molar-refractivity contribution in [1.82, 2.24) is 9.88 Å². The SMILES string of the molecule is CCc1nc(NC(=O)[C@H](c2ccccc2)N2CCCC2)sc1C. The van der Waals surface area contributed by atoms with E-state index in [0.717, 1.165) is 43.6 Å². The maximum absolute atomic E-state index is 12.9. The van der Waals surface area contributed by atoms with Gasteiger partial charge in [-0.15, -0.1) is 11.3 Å². The van der Waals surface area contributed by atoms with Gasteiger partial charge in [-0.2, -0.15) is 0 Å². The number of nitrogens with one attached hydrogen (secondary N) is 1. The number of hydrogen-bond donors (Lipinski definition) is 1. The second-order valence-corrected chi connectivity index (χ2v) is 7.12. The topological polar surface area (TPSA) is 45.2 Å². The molecule has 3 rings (SSSR count). The van der Waals surface area contributed by atoms with Crippen LogP contribution in [0.4, 0.5) is 5.13 Å². The quantitative estimate of drug-likeness (QED) is 0.908. The summed E-state index contributed by atoms with van der Waals surface area (Å²) in [6.45, 7) is 6.10. The van der Waals surface area contributed by atoms with Gasteiger partial charge in [-0.05, 0) is 44.8 Å². The normalized spacial score (nSPS) is 16.4. The van der Waals surface area contributed by atoms with Crippen LogP contribution in [0.15, 0.2) is 30.3 Å². The van der Waals surface area contributed by atoms with Crippen molar-refractivity contribution < 1.29 is 4.79 Å². The van der Waals surface area contributed by atoms with Gasteiger partial charge in [0.05, 0.1) is 5.69 Å². The van der Waals surface area contributed by atoms with E-state index in [9.17, 15) is 4.79 Å². The molecule has 0 aliphatic carbocycles. The molecule has 1 aromatic carbocycles. The van der Waals surface area contributed by atoms with E-state index in [4.69, 9.17) is 0 Å². The molecule has 4 nitrogen and oxygen atoms in total. The van der Waals surface area contributed by atoms with Crippen LogP contribution >= 0.6 is 11.3 Å². The molecule has 0 bridgehead atoms. The Morgan fingerprint density at radius 2 is 2.00 bits per heavy atom. The van der Waals surface area contributed by atoms with Gasteiger partial charge in [0.1, 0.15) is 6.04 Å². The largest absolute Gasteiger partial charge is 0.300 e. The minimum atomic E-state index is -0.229. The van der Waals surface area contributed by atoms with Crippen molar-refractivity contribution in [2.45, 2.75) is 39.2 Å². The fourth-order valence-electron chi connectivity index (χ4n) is 3.15. The van der Waals surface area contributed by atoms with Gasteiger partial charge in [-0.1, -0.05) is 37.3 Å². The van der Waals surface area contributed by atoms with E-state index in [1.165, 1.54) is 4.88 Å². The molecule has 1 atom stereocenters. The third-order valence-corrected chi connectivity index (χ3v) is 5.26. The monoisotopic (exact) mass is 329 g/mol. The van der Waals surface area contributed by atoms with Crippen LogP contribution in [-0.2, 0) is 11.2 Å². The van der Waals surface area contributed by atoms with Gasteiger partial charge >= 0.3 is 0 Å². The zero-order chi connectivity index (χ0) is 16.2. The summed E-state index contributed by atoms with van der Waals surface area (Å²) < 4.78 is 0. The van der Waals surface area contributed by atoms with Crippen LogP contribution in [0.2, 0.25) is 0 Å². The standard InChI is InChI=1S/C18H23N3OS/c1-3-15-13(2)23-18(19-15)20-17(22)16(21-11-7-8-12-21)14-9-5-4-6-10-14/h4-6,9-10,16H,3,7-8,11-12H2,1-2H3,(H,19,20,22)/t16-/m0/s1. The number of benzene rings is 1. The number of thiazole rings is 1. The highest BCUT2D eigenvalue weighted by Gasteiger charge is 2.30. The lowest BCUT2D eigenvalue weighted by Crippen LogP contribution is -2.35. The van der Waals surface area contributed by atoms with Crippen molar-refractivity contribution in [3.05, 3.63) is 46.5 Å². The molecule has 0 radical (unpaired) electrons. The van der Waals surface area contributed by atoms with Gasteiger partial charge in [0, 0.05) is 4.88 Å². The van der Waals surface area contributed by atoms with Crippen LogP contribution in [0, 0.1) is 6.92 Å². The zero-order valence-corrected chi connectivity index (χ0v) is 14.5. The molecule has 0 saturated carbocycles. The molecule has 23 heavy (non-hydrogen) atoms. The summed E-state index contributed by atoms with van der Waals surface area (Å²) in [6.07, 6.45) is 3.21. The number of anilines is 1. The molecule has 1 fully saturated rings. The van der Waals surface area contributed by atoms with Gasteiger partial charge in [-0.25, -0.2) is 4.98 Å². The Bertz CT molecular complexity index is 662. The van der Waals surface area contributed by atoms with Crippen molar-refractivity contribution in [3.63, 3.8) is 0 Å². The van der Waals surface area contributed by atoms with Crippen LogP contribution in [0.3, 0.4) is 0 Å². The lowest BCUT2D eigenvalue weighted by Gasteiger charge is -2.26. The van der Waals surface area contributed by atoms with Crippen molar-refractivity contribution >= 4 is 22.4 Å². The number of carbonyl (C=O) groups is 1. The Hall–Kier alpha value is -1.72. The second kappa shape index (κ2) is 7.23. The highest BCUT2D eigenvalue weighted by atomic mass is 32.1. The van der Waals surface area contributed by atoms with Gasteiger partial charge < -0.3 is 5.32 Å². The average Bonchev–Trinajstić information content (AvgIpc) is 3.18. The smallest absolute Gasteiger partial charge is 0.248 e. The number of hydrogen-bond acceptors (Lipinski definition) is 4. The van der Waals surface area contributed by atoms with Crippen molar-refractivity contribution in [1.29, 1.82) is 0 Å². The fourth-order valence-corrected chi connectivity index (χ4v) is 4.05. The predicted octanol–water partition coefficient (Wildman–Crippen LogP) is 3.79. The molecule has 5 heteroatoms. The minimum Gasteiger partial charge on any atom is -0.300 e. The van der Waals surface area contributed by atoms with E-state index < -0.39 is 0 Å². The fraction of sp³-hybridized carbons (Fsp3) is 0.444. The molecule has 0 spiro atoms. The maximum Gasteiger partial charge on any atom is 0.248 e. The Morgan fingerprint density at radius 1 is 1.30 bits per heavy atom. The van der Waals surface area contributed by atoms with E-state index in [0.29, 0.717) is 5.13 Å². The Morgan fingerprint density at radius 3 is 2.61 bits per heavy atom. The summed E-state index contributed by atoms with van der Waals surface area (Å²) in [6, 6.07) is 9.82. The van der Waals surface area contributed by atoms with E-state index in [1.807, 2.05) is 30.3 Å². The molecule has 1 aromatic heterocycles. The summed E-state index contributed by atoms with van der Waals surface area (Å²) in [4.78, 5) is 20.9. The number of likely N-dealkylation sites (tertiary alicyclic amines) is 1. The Kier molecular flexibility index (Phi) is 5.08. The third kappa shape index (κ3) is 3.62. The van der Waals surface area contributed by atoms with Crippen molar-refractivity contribution in [2.24, 2.45) is 0 Å². The number of aryl methyl sites for hydroxylation is 2. The van der Waals surface area contributed by atoms with Crippen LogP contribution in [0.5, 0.6) is 0 Å². The number of aromatic nitrogens is 1. The summed E-state index contributed by atoms with van der Waals surface area (Å²) >= 11 is 1.56. The summed E-state index contributed by atoms with van der Waals surface area (Å²) in [5, 5.41) is 3.75. The second-order valence-electron chi connectivity index (χ2n) is 5.92. The van der Waals surface area contributed by atoms with E-state index in [1.54, 1.807) is 11.3 Å². The first-order valence-corrected chi connectivity index (χ1v) is 9.07. The molecular weight excluding hydrogens is 306 g/mol. The molecule has 1 N–H and O–H groups in total. The van der Waals surface area contributed by atoms with Crippen LogP contribution < -0.4 is 5.32 Å². The van der Waals surface area contributed by atoms with E-state index in [2.05, 4.69) is 29.0 Å². The van der Waals surface area contributed by atoms with E-state index in [-0.39, 0.29) is 11.9 Å². The van der Waals surface area contributed by atoms with Gasteiger partial charge in [-0.3, -0.25) is 9.69 Å².